The molecule has 136 valence electrons. The van der Waals surface area contributed by atoms with E-state index in [1.807, 2.05) is 0 Å². The first kappa shape index (κ1) is 16.9. The molecule has 0 aromatic carbocycles. The highest BCUT2D eigenvalue weighted by molar-refractivity contribution is 5.95. The second-order valence-electron chi connectivity index (χ2n) is 9.31. The Bertz CT molecular complexity index is 710. The maximum Gasteiger partial charge on any atom is 0.311 e. The van der Waals surface area contributed by atoms with Gasteiger partial charge in [0.15, 0.2) is 0 Å². The molecule has 0 radical (unpaired) electrons. The van der Waals surface area contributed by atoms with E-state index in [0.29, 0.717) is 42.3 Å². The topological polar surface area (TPSA) is 77.3 Å². The molecule has 0 aromatic heterocycles. The van der Waals surface area contributed by atoms with Gasteiger partial charge >= 0.3 is 5.70 Å². The van der Waals surface area contributed by atoms with Crippen molar-refractivity contribution in [1.29, 1.82) is 0 Å². The van der Waals surface area contributed by atoms with Crippen molar-refractivity contribution in [2.45, 2.75) is 65.7 Å². The predicted molar refractivity (Wildman–Crippen MR) is 92.2 cm³/mol. The molecular formula is C20H27NO4. The van der Waals surface area contributed by atoms with E-state index in [4.69, 9.17) is 0 Å². The molecule has 6 atom stereocenters. The molecule has 0 aliphatic heterocycles. The highest BCUT2D eigenvalue weighted by Crippen LogP contribution is 2.66. The van der Waals surface area contributed by atoms with Crippen molar-refractivity contribution in [3.63, 3.8) is 0 Å². The number of rotatable bonds is 1. The Labute approximate surface area is 148 Å². The number of nitrogens with zero attached hydrogens (tertiary/aromatic N) is 1. The van der Waals surface area contributed by atoms with Gasteiger partial charge in [-0.2, -0.15) is 0 Å². The fourth-order valence-corrected chi connectivity index (χ4v) is 6.99. The summed E-state index contributed by atoms with van der Waals surface area (Å²) in [5, 5.41) is 11.6. The largest absolute Gasteiger partial charge is 0.311 e. The molecular weight excluding hydrogens is 318 g/mol. The molecule has 4 aliphatic rings. The first-order valence-electron chi connectivity index (χ1n) is 9.64. The van der Waals surface area contributed by atoms with Gasteiger partial charge in [-0.15, -0.1) is 0 Å². The van der Waals surface area contributed by atoms with Gasteiger partial charge < -0.3 is 0 Å². The van der Waals surface area contributed by atoms with E-state index >= 15 is 0 Å². The summed E-state index contributed by atoms with van der Waals surface area (Å²) < 4.78 is 0. The standard InChI is InChI=1S/C20H27NO4/c1-11-10-14-18(21(24)25)15(22)7-9-19(14,2)13-6-8-20(3)12(17(11)13)4-5-16(20)23/h11-13,17H,4-10H2,1-3H3/t11?,12-,13+,17-,19+,20-/m0/s1. The van der Waals surface area contributed by atoms with Crippen molar-refractivity contribution in [1.82, 2.24) is 0 Å². The number of ketones is 2. The highest BCUT2D eigenvalue weighted by atomic mass is 16.6. The van der Waals surface area contributed by atoms with E-state index in [0.717, 1.165) is 31.3 Å². The number of Topliss-reactive ketones (excluding diaryl/α,β-unsaturated/α-hetero) is 2. The zero-order chi connectivity index (χ0) is 18.1. The molecule has 5 nitrogen and oxygen atoms in total. The lowest BCUT2D eigenvalue weighted by Gasteiger charge is -2.58. The second-order valence-corrected chi connectivity index (χ2v) is 9.31. The van der Waals surface area contributed by atoms with Crippen molar-refractivity contribution in [2.75, 3.05) is 0 Å². The van der Waals surface area contributed by atoms with Crippen LogP contribution in [-0.2, 0) is 9.59 Å². The van der Waals surface area contributed by atoms with Crippen molar-refractivity contribution in [3.8, 4) is 0 Å². The van der Waals surface area contributed by atoms with E-state index in [-0.39, 0.29) is 28.7 Å². The van der Waals surface area contributed by atoms with Crippen LogP contribution in [0.3, 0.4) is 0 Å². The van der Waals surface area contributed by atoms with Gasteiger partial charge in [0.1, 0.15) is 5.78 Å². The molecule has 0 spiro atoms. The minimum absolute atomic E-state index is 0.116. The van der Waals surface area contributed by atoms with E-state index in [1.54, 1.807) is 0 Å². The Kier molecular flexibility index (Phi) is 3.55. The van der Waals surface area contributed by atoms with Crippen molar-refractivity contribution in [2.24, 2.45) is 34.5 Å². The summed E-state index contributed by atoms with van der Waals surface area (Å²) in [6.45, 7) is 6.48. The summed E-state index contributed by atoms with van der Waals surface area (Å²) in [5.41, 5.74) is 0.245. The van der Waals surface area contributed by atoms with Gasteiger partial charge in [-0.1, -0.05) is 20.8 Å². The van der Waals surface area contributed by atoms with Crippen molar-refractivity contribution >= 4 is 11.6 Å². The smallest absolute Gasteiger partial charge is 0.299 e. The zero-order valence-electron chi connectivity index (χ0n) is 15.3. The lowest BCUT2D eigenvalue weighted by molar-refractivity contribution is -0.422. The molecule has 5 heteroatoms. The van der Waals surface area contributed by atoms with Gasteiger partial charge in [-0.05, 0) is 61.2 Å². The first-order valence-corrected chi connectivity index (χ1v) is 9.64. The molecule has 1 unspecified atom stereocenters. The molecule has 4 aliphatic carbocycles. The molecule has 25 heavy (non-hydrogen) atoms. The first-order chi connectivity index (χ1) is 11.7. The van der Waals surface area contributed by atoms with Gasteiger partial charge in [0.25, 0.3) is 0 Å². The molecule has 0 N–H and O–H groups in total. The normalized spacial score (nSPS) is 46.5. The summed E-state index contributed by atoms with van der Waals surface area (Å²) >= 11 is 0. The minimum Gasteiger partial charge on any atom is -0.299 e. The highest BCUT2D eigenvalue weighted by Gasteiger charge is 2.62. The Morgan fingerprint density at radius 2 is 1.72 bits per heavy atom. The molecule has 3 saturated carbocycles. The van der Waals surface area contributed by atoms with Crippen molar-refractivity contribution < 1.29 is 14.5 Å². The van der Waals surface area contributed by atoms with E-state index in [2.05, 4.69) is 20.8 Å². The van der Waals surface area contributed by atoms with Crippen LogP contribution in [0.4, 0.5) is 0 Å². The number of fused-ring (bicyclic) bond motifs is 5. The summed E-state index contributed by atoms with van der Waals surface area (Å²) in [4.78, 5) is 35.9. The Balaban J connectivity index is 1.81. The maximum atomic E-state index is 12.5. The molecule has 0 bridgehead atoms. The maximum absolute atomic E-state index is 12.5. The van der Waals surface area contributed by atoms with E-state index in [9.17, 15) is 19.7 Å². The van der Waals surface area contributed by atoms with Crippen LogP contribution in [0.15, 0.2) is 11.3 Å². The fourth-order valence-electron chi connectivity index (χ4n) is 6.99. The summed E-state index contributed by atoms with van der Waals surface area (Å²) in [7, 11) is 0. The monoisotopic (exact) mass is 345 g/mol. The number of hydrogen-bond donors (Lipinski definition) is 0. The quantitative estimate of drug-likeness (QED) is 0.533. The average Bonchev–Trinajstić information content (AvgIpc) is 2.84. The molecule has 0 heterocycles. The Hall–Kier alpha value is -1.52. The Morgan fingerprint density at radius 3 is 2.40 bits per heavy atom. The van der Waals surface area contributed by atoms with Crippen LogP contribution >= 0.6 is 0 Å². The van der Waals surface area contributed by atoms with Crippen LogP contribution in [-0.4, -0.2) is 16.5 Å². The third kappa shape index (κ3) is 2.07. The van der Waals surface area contributed by atoms with Crippen LogP contribution in [0.2, 0.25) is 0 Å². The average molecular weight is 345 g/mol. The molecule has 0 saturated heterocycles. The molecule has 0 amide bonds. The minimum atomic E-state index is -0.436. The second kappa shape index (κ2) is 5.24. The van der Waals surface area contributed by atoms with Crippen LogP contribution in [0.5, 0.6) is 0 Å². The fraction of sp³-hybridized carbons (Fsp3) is 0.800. The third-order valence-electron chi connectivity index (χ3n) is 8.34. The SMILES string of the molecule is CC1CC2=C([N+](=O)[O-])C(=O)CC[C@]2(C)[C@@H]2CC[C@]3(C)C(=O)CC[C@H]3[C@H]12. The summed E-state index contributed by atoms with van der Waals surface area (Å²) in [6.07, 6.45) is 5.16. The Morgan fingerprint density at radius 1 is 1.04 bits per heavy atom. The van der Waals surface area contributed by atoms with Crippen LogP contribution in [0, 0.1) is 44.6 Å². The lowest BCUT2D eigenvalue weighted by atomic mass is 9.45. The van der Waals surface area contributed by atoms with Gasteiger partial charge in [0, 0.05) is 23.8 Å². The summed E-state index contributed by atoms with van der Waals surface area (Å²) in [5.74, 6) is 1.63. The van der Waals surface area contributed by atoms with E-state index < -0.39 is 4.92 Å². The van der Waals surface area contributed by atoms with Gasteiger partial charge in [-0.3, -0.25) is 19.7 Å². The number of hydrogen-bond acceptors (Lipinski definition) is 4. The zero-order valence-corrected chi connectivity index (χ0v) is 15.3. The number of carbonyl (C=O) groups excluding carboxylic acids is 2. The van der Waals surface area contributed by atoms with Crippen molar-refractivity contribution in [3.05, 3.63) is 21.4 Å². The number of nitro groups is 1. The van der Waals surface area contributed by atoms with Crippen LogP contribution < -0.4 is 0 Å². The van der Waals surface area contributed by atoms with Gasteiger partial charge in [-0.25, -0.2) is 0 Å². The summed E-state index contributed by atoms with van der Waals surface area (Å²) in [6, 6.07) is 0. The number of carbonyl (C=O) groups is 2. The lowest BCUT2D eigenvalue weighted by Crippen LogP contribution is -2.54. The molecule has 0 aromatic rings. The molecule has 4 rings (SSSR count). The van der Waals surface area contributed by atoms with Crippen LogP contribution in [0.25, 0.3) is 0 Å². The number of allylic oxidation sites excluding steroid dienone is 1. The van der Waals surface area contributed by atoms with Gasteiger partial charge in [0.2, 0.25) is 5.78 Å². The third-order valence-corrected chi connectivity index (χ3v) is 8.34. The van der Waals surface area contributed by atoms with Gasteiger partial charge in [0.05, 0.1) is 4.92 Å². The molecule has 3 fully saturated rings. The van der Waals surface area contributed by atoms with Crippen LogP contribution in [0.1, 0.15) is 65.7 Å². The van der Waals surface area contributed by atoms with E-state index in [1.165, 1.54) is 0 Å². The predicted octanol–water partition coefficient (Wildman–Crippen LogP) is 3.94.